The molecule has 2 nitrogen and oxygen atoms in total. The van der Waals surface area contributed by atoms with Crippen LogP contribution < -0.4 is 0 Å². The highest BCUT2D eigenvalue weighted by atomic mass is 16.3. The molecule has 2 spiro atoms. The molecule has 0 aromatic carbocycles. The van der Waals surface area contributed by atoms with E-state index in [1.807, 2.05) is 12.5 Å². The number of hydrogen-bond donors (Lipinski definition) is 1. The van der Waals surface area contributed by atoms with Crippen molar-refractivity contribution in [2.45, 2.75) is 112 Å². The second-order valence-corrected chi connectivity index (χ2v) is 13.7. The Morgan fingerprint density at radius 3 is 2.62 bits per heavy atom. The summed E-state index contributed by atoms with van der Waals surface area (Å²) in [4.78, 5) is 11.0. The molecule has 0 aliphatic heterocycles. The monoisotopic (exact) mass is 438 g/mol. The Morgan fingerprint density at radius 1 is 1.16 bits per heavy atom. The van der Waals surface area contributed by atoms with Gasteiger partial charge in [0.2, 0.25) is 0 Å². The third-order valence-corrected chi connectivity index (χ3v) is 12.5. The van der Waals surface area contributed by atoms with Gasteiger partial charge in [-0.25, -0.2) is 0 Å². The summed E-state index contributed by atoms with van der Waals surface area (Å²) in [7, 11) is 0. The number of aliphatic hydroxyl groups is 1. The van der Waals surface area contributed by atoms with Crippen molar-refractivity contribution in [1.82, 2.24) is 0 Å². The minimum absolute atomic E-state index is 0.0470. The molecule has 178 valence electrons. The fourth-order valence-electron chi connectivity index (χ4n) is 10.3. The van der Waals surface area contributed by atoms with Crippen LogP contribution in [0.25, 0.3) is 0 Å². The van der Waals surface area contributed by atoms with Gasteiger partial charge in [-0.15, -0.1) is 0 Å². The van der Waals surface area contributed by atoms with Crippen molar-refractivity contribution in [2.24, 2.45) is 44.8 Å². The molecular weight excluding hydrogens is 392 g/mol. The molecular formula is C30H46O2. The molecule has 0 bridgehead atoms. The predicted molar refractivity (Wildman–Crippen MR) is 131 cm³/mol. The molecule has 5 aliphatic rings. The molecule has 5 aliphatic carbocycles. The lowest BCUT2D eigenvalue weighted by atomic mass is 9.45. The normalized spacial score (nSPS) is 49.8. The summed E-state index contributed by atoms with van der Waals surface area (Å²) in [6, 6.07) is 0. The number of allylic oxidation sites excluding steroid dienone is 4. The van der Waals surface area contributed by atoms with Gasteiger partial charge in [0.1, 0.15) is 6.29 Å². The third kappa shape index (κ3) is 2.65. The van der Waals surface area contributed by atoms with E-state index in [0.717, 1.165) is 30.6 Å². The predicted octanol–water partition coefficient (Wildman–Crippen LogP) is 7.27. The summed E-state index contributed by atoms with van der Waals surface area (Å²) in [5, 5.41) is 10.8. The van der Waals surface area contributed by atoms with E-state index >= 15 is 0 Å². The number of hydrogen-bond acceptors (Lipinski definition) is 2. The van der Waals surface area contributed by atoms with Crippen LogP contribution in [0.2, 0.25) is 0 Å². The minimum Gasteiger partial charge on any atom is -0.393 e. The smallest absolute Gasteiger partial charge is 0.145 e. The molecule has 2 heteroatoms. The molecule has 0 unspecified atom stereocenters. The Bertz CT molecular complexity index is 866. The van der Waals surface area contributed by atoms with Crippen molar-refractivity contribution in [3.8, 4) is 0 Å². The van der Waals surface area contributed by atoms with Crippen molar-refractivity contribution in [3.63, 3.8) is 0 Å². The molecule has 0 saturated heterocycles. The van der Waals surface area contributed by atoms with E-state index in [4.69, 9.17) is 0 Å². The number of aldehydes is 1. The Labute approximate surface area is 196 Å². The summed E-state index contributed by atoms with van der Waals surface area (Å²) in [5.41, 5.74) is 4.44. The maximum Gasteiger partial charge on any atom is 0.145 e. The van der Waals surface area contributed by atoms with Crippen molar-refractivity contribution >= 4 is 6.29 Å². The molecule has 5 rings (SSSR count). The average molecular weight is 439 g/mol. The lowest BCUT2D eigenvalue weighted by Gasteiger charge is -2.60. The van der Waals surface area contributed by atoms with Gasteiger partial charge in [0.05, 0.1) is 6.10 Å². The number of rotatable bonds is 5. The second kappa shape index (κ2) is 7.06. The topological polar surface area (TPSA) is 37.3 Å². The summed E-state index contributed by atoms with van der Waals surface area (Å²) >= 11 is 0. The maximum absolute atomic E-state index is 11.0. The fourth-order valence-corrected chi connectivity index (χ4v) is 10.3. The van der Waals surface area contributed by atoms with Crippen LogP contribution in [0.3, 0.4) is 0 Å². The highest BCUT2D eigenvalue weighted by molar-refractivity contribution is 5.71. The molecule has 4 saturated carbocycles. The number of aliphatic hydroxyl groups excluding tert-OH is 1. The average Bonchev–Trinajstić information content (AvgIpc) is 3.33. The molecule has 0 aromatic rings. The standard InChI is InChI=1S/C30H46O2/c1-20(18-31)8-7-9-21(2)22-12-14-28(6)24-11-10-23-26(3,4)25(32)13-15-29(23)19-30(24,29)17-16-27(22,28)5/h8,11,18,21-23,25,32H,7,9-10,12-17,19H2,1-6H3/b20-8+/t21-,22-,23+,25+,27-,28+,29-,30+/m1/s1. The molecule has 0 amide bonds. The van der Waals surface area contributed by atoms with Crippen LogP contribution in [0.5, 0.6) is 0 Å². The number of carbonyl (C=O) groups excluding carboxylic acids is 1. The SMILES string of the molecule is C/C(C=O)=C\CC[C@@H](C)[C@H]1CC[C@@]2(C)C3=CC[C@H]4C(C)(C)[C@@H](O)CC[C@@]45C[C@@]35CC[C@]12C. The van der Waals surface area contributed by atoms with E-state index in [1.165, 1.54) is 51.4 Å². The van der Waals surface area contributed by atoms with Crippen LogP contribution in [0, 0.1) is 44.8 Å². The van der Waals surface area contributed by atoms with Crippen LogP contribution in [0.1, 0.15) is 106 Å². The summed E-state index contributed by atoms with van der Waals surface area (Å²) in [6.45, 7) is 14.4. The lowest BCUT2D eigenvalue weighted by molar-refractivity contribution is -0.104. The molecule has 8 atom stereocenters. The maximum atomic E-state index is 11.0. The van der Waals surface area contributed by atoms with Crippen molar-refractivity contribution in [2.75, 3.05) is 0 Å². The zero-order chi connectivity index (χ0) is 23.2. The zero-order valence-electron chi connectivity index (χ0n) is 21.5. The van der Waals surface area contributed by atoms with Crippen LogP contribution in [0.4, 0.5) is 0 Å². The fraction of sp³-hybridized carbons (Fsp3) is 0.833. The van der Waals surface area contributed by atoms with Gasteiger partial charge >= 0.3 is 0 Å². The highest BCUT2D eigenvalue weighted by Crippen LogP contribution is 2.87. The van der Waals surface area contributed by atoms with Crippen LogP contribution in [-0.2, 0) is 4.79 Å². The lowest BCUT2D eigenvalue weighted by Crippen LogP contribution is -2.53. The first kappa shape index (κ1) is 22.9. The largest absolute Gasteiger partial charge is 0.393 e. The Kier molecular flexibility index (Phi) is 5.05. The molecule has 0 radical (unpaired) electrons. The summed E-state index contributed by atoms with van der Waals surface area (Å²) < 4.78 is 0. The van der Waals surface area contributed by atoms with Crippen molar-refractivity contribution in [3.05, 3.63) is 23.3 Å². The van der Waals surface area contributed by atoms with Crippen LogP contribution >= 0.6 is 0 Å². The molecule has 0 heterocycles. The second-order valence-electron chi connectivity index (χ2n) is 13.7. The zero-order valence-corrected chi connectivity index (χ0v) is 21.5. The summed E-state index contributed by atoms with van der Waals surface area (Å²) in [5.74, 6) is 2.15. The van der Waals surface area contributed by atoms with E-state index in [0.29, 0.717) is 33.5 Å². The van der Waals surface area contributed by atoms with Gasteiger partial charge in [-0.3, -0.25) is 4.79 Å². The first-order valence-corrected chi connectivity index (χ1v) is 13.5. The number of fused-ring (bicyclic) bond motifs is 2. The van der Waals surface area contributed by atoms with Crippen molar-refractivity contribution < 1.29 is 9.90 Å². The van der Waals surface area contributed by atoms with E-state index in [1.54, 1.807) is 0 Å². The van der Waals surface area contributed by atoms with Gasteiger partial charge in [-0.2, -0.15) is 0 Å². The highest BCUT2D eigenvalue weighted by Gasteiger charge is 2.80. The Morgan fingerprint density at radius 2 is 1.91 bits per heavy atom. The van der Waals surface area contributed by atoms with Crippen LogP contribution in [-0.4, -0.2) is 17.5 Å². The molecule has 1 N–H and O–H groups in total. The van der Waals surface area contributed by atoms with Gasteiger partial charge < -0.3 is 5.11 Å². The first-order valence-electron chi connectivity index (χ1n) is 13.5. The van der Waals surface area contributed by atoms with E-state index in [9.17, 15) is 9.90 Å². The van der Waals surface area contributed by atoms with Crippen LogP contribution in [0.15, 0.2) is 23.3 Å². The first-order chi connectivity index (χ1) is 15.0. The minimum atomic E-state index is -0.135. The molecule has 32 heavy (non-hydrogen) atoms. The van der Waals surface area contributed by atoms with Crippen molar-refractivity contribution in [1.29, 1.82) is 0 Å². The van der Waals surface area contributed by atoms with Gasteiger partial charge in [0.25, 0.3) is 0 Å². The van der Waals surface area contributed by atoms with Gasteiger partial charge in [0, 0.05) is 0 Å². The Balaban J connectivity index is 1.42. The Hall–Kier alpha value is -0.890. The van der Waals surface area contributed by atoms with Gasteiger partial charge in [0.15, 0.2) is 0 Å². The van der Waals surface area contributed by atoms with E-state index < -0.39 is 0 Å². The molecule has 0 aromatic heterocycles. The van der Waals surface area contributed by atoms with E-state index in [2.05, 4.69) is 46.8 Å². The third-order valence-electron chi connectivity index (χ3n) is 12.5. The quantitative estimate of drug-likeness (QED) is 0.278. The number of carbonyl (C=O) groups is 1. The summed E-state index contributed by atoms with van der Waals surface area (Å²) in [6.07, 6.45) is 18.2. The van der Waals surface area contributed by atoms with E-state index in [-0.39, 0.29) is 11.5 Å². The van der Waals surface area contributed by atoms with Gasteiger partial charge in [-0.05, 0) is 122 Å². The molecule has 4 fully saturated rings. The van der Waals surface area contributed by atoms with Gasteiger partial charge in [-0.1, -0.05) is 52.3 Å².